The van der Waals surface area contributed by atoms with E-state index in [9.17, 15) is 5.11 Å². The molecule has 3 nitrogen and oxygen atoms in total. The Bertz CT molecular complexity index is 585. The largest absolute Gasteiger partial charge is 0.389 e. The topological polar surface area (TPSA) is 38.0 Å². The lowest BCUT2D eigenvalue weighted by Gasteiger charge is -2.25. The van der Waals surface area contributed by atoms with Gasteiger partial charge in [-0.05, 0) is 38.2 Å². The zero-order valence-corrected chi connectivity index (χ0v) is 11.8. The second kappa shape index (κ2) is 4.64. The van der Waals surface area contributed by atoms with E-state index in [4.69, 9.17) is 5.10 Å². The zero-order chi connectivity index (χ0) is 13.5. The Kier molecular flexibility index (Phi) is 3.09. The van der Waals surface area contributed by atoms with E-state index in [0.717, 1.165) is 31.5 Å². The number of nitrogens with zero attached hydrogens (tertiary/aromatic N) is 2. The number of aryl methyl sites for hydroxylation is 1. The number of aliphatic hydroxyl groups is 1. The van der Waals surface area contributed by atoms with Gasteiger partial charge in [0.1, 0.15) is 0 Å². The first kappa shape index (κ1) is 12.7. The molecule has 0 radical (unpaired) electrons. The van der Waals surface area contributed by atoms with Crippen LogP contribution in [0.3, 0.4) is 0 Å². The number of fused-ring (bicyclic) bond motifs is 1. The summed E-state index contributed by atoms with van der Waals surface area (Å²) in [5.74, 6) is 0.475. The lowest BCUT2D eigenvalue weighted by atomic mass is 9.88. The first-order valence-corrected chi connectivity index (χ1v) is 7.34. The summed E-state index contributed by atoms with van der Waals surface area (Å²) < 4.78 is 2.04. The molecule has 1 saturated carbocycles. The van der Waals surface area contributed by atoms with Crippen LogP contribution in [0.25, 0.3) is 10.9 Å². The van der Waals surface area contributed by atoms with Gasteiger partial charge in [0.25, 0.3) is 0 Å². The summed E-state index contributed by atoms with van der Waals surface area (Å²) in [6.07, 6.45) is 3.82. The molecule has 1 fully saturated rings. The molecule has 1 aliphatic carbocycles. The molecule has 0 spiro atoms. The maximum absolute atomic E-state index is 10.8. The molecule has 0 bridgehead atoms. The summed E-state index contributed by atoms with van der Waals surface area (Å²) in [5, 5.41) is 16.7. The van der Waals surface area contributed by atoms with Crippen molar-refractivity contribution in [2.75, 3.05) is 0 Å². The van der Waals surface area contributed by atoms with Crippen LogP contribution in [0.4, 0.5) is 0 Å². The van der Waals surface area contributed by atoms with E-state index in [0.29, 0.717) is 12.3 Å². The van der Waals surface area contributed by atoms with E-state index < -0.39 is 5.60 Å². The molecular weight excluding hydrogens is 236 g/mol. The molecule has 1 heterocycles. The third-order valence-electron chi connectivity index (χ3n) is 4.46. The minimum atomic E-state index is -0.560. The van der Waals surface area contributed by atoms with Crippen LogP contribution in [-0.4, -0.2) is 20.5 Å². The minimum absolute atomic E-state index is 0.475. The molecule has 1 atom stereocenters. The van der Waals surface area contributed by atoms with E-state index in [1.165, 1.54) is 10.9 Å². The molecule has 3 rings (SSSR count). The summed E-state index contributed by atoms with van der Waals surface area (Å²) in [5.41, 5.74) is 1.67. The van der Waals surface area contributed by atoms with Crippen LogP contribution in [0.15, 0.2) is 24.3 Å². The SMILES string of the molecule is CCn1nc(CC(O)(CC)C2CC2)c2ccccc21. The molecule has 2 aromatic rings. The van der Waals surface area contributed by atoms with Crippen molar-refractivity contribution in [1.82, 2.24) is 9.78 Å². The molecule has 3 heteroatoms. The summed E-state index contributed by atoms with van der Waals surface area (Å²) in [4.78, 5) is 0. The fourth-order valence-corrected chi connectivity index (χ4v) is 3.04. The highest BCUT2D eigenvalue weighted by Crippen LogP contribution is 2.43. The van der Waals surface area contributed by atoms with E-state index >= 15 is 0 Å². The normalized spacial score (nSPS) is 18.7. The van der Waals surface area contributed by atoms with Crippen LogP contribution in [0, 0.1) is 5.92 Å². The Morgan fingerprint density at radius 2 is 2.05 bits per heavy atom. The van der Waals surface area contributed by atoms with Crippen molar-refractivity contribution in [3.05, 3.63) is 30.0 Å². The van der Waals surface area contributed by atoms with E-state index in [2.05, 4.69) is 32.0 Å². The maximum Gasteiger partial charge on any atom is 0.0732 e. The van der Waals surface area contributed by atoms with Gasteiger partial charge in [-0.1, -0.05) is 25.1 Å². The second-order valence-corrected chi connectivity index (χ2v) is 5.69. The van der Waals surface area contributed by atoms with Crippen molar-refractivity contribution in [3.8, 4) is 0 Å². The summed E-state index contributed by atoms with van der Waals surface area (Å²) in [6, 6.07) is 8.33. The lowest BCUT2D eigenvalue weighted by molar-refractivity contribution is 0.0132. The summed E-state index contributed by atoms with van der Waals surface area (Å²) in [6.45, 7) is 5.06. The van der Waals surface area contributed by atoms with Gasteiger partial charge in [0, 0.05) is 18.4 Å². The van der Waals surface area contributed by atoms with Gasteiger partial charge >= 0.3 is 0 Å². The van der Waals surface area contributed by atoms with Crippen LogP contribution in [-0.2, 0) is 13.0 Å². The molecule has 0 aliphatic heterocycles. The molecule has 0 saturated heterocycles. The quantitative estimate of drug-likeness (QED) is 0.894. The Hall–Kier alpha value is -1.35. The van der Waals surface area contributed by atoms with E-state index in [1.807, 2.05) is 10.7 Å². The highest BCUT2D eigenvalue weighted by Gasteiger charge is 2.43. The van der Waals surface area contributed by atoms with Crippen LogP contribution in [0.1, 0.15) is 38.8 Å². The van der Waals surface area contributed by atoms with Gasteiger partial charge in [0.15, 0.2) is 0 Å². The maximum atomic E-state index is 10.8. The van der Waals surface area contributed by atoms with Gasteiger partial charge in [-0.3, -0.25) is 4.68 Å². The average molecular weight is 258 g/mol. The molecule has 19 heavy (non-hydrogen) atoms. The van der Waals surface area contributed by atoms with Crippen molar-refractivity contribution < 1.29 is 5.11 Å². The smallest absolute Gasteiger partial charge is 0.0732 e. The van der Waals surface area contributed by atoms with Crippen molar-refractivity contribution in [2.24, 2.45) is 5.92 Å². The monoisotopic (exact) mass is 258 g/mol. The molecule has 1 aliphatic rings. The first-order chi connectivity index (χ1) is 9.18. The second-order valence-electron chi connectivity index (χ2n) is 5.69. The first-order valence-electron chi connectivity index (χ1n) is 7.34. The summed E-state index contributed by atoms with van der Waals surface area (Å²) >= 11 is 0. The number of para-hydroxylation sites is 1. The van der Waals surface area contributed by atoms with Gasteiger partial charge < -0.3 is 5.11 Å². The van der Waals surface area contributed by atoms with Crippen molar-refractivity contribution in [2.45, 2.75) is 51.7 Å². The Labute approximate surface area is 114 Å². The van der Waals surface area contributed by atoms with Crippen LogP contribution in [0.5, 0.6) is 0 Å². The van der Waals surface area contributed by atoms with Gasteiger partial charge in [-0.2, -0.15) is 5.10 Å². The Morgan fingerprint density at radius 3 is 2.68 bits per heavy atom. The molecule has 0 amide bonds. The third kappa shape index (κ3) is 2.16. The van der Waals surface area contributed by atoms with Crippen molar-refractivity contribution >= 4 is 10.9 Å². The highest BCUT2D eigenvalue weighted by molar-refractivity contribution is 5.82. The third-order valence-corrected chi connectivity index (χ3v) is 4.46. The molecular formula is C16H22N2O. The van der Waals surface area contributed by atoms with Crippen molar-refractivity contribution in [3.63, 3.8) is 0 Å². The molecule has 1 unspecified atom stereocenters. The lowest BCUT2D eigenvalue weighted by Crippen LogP contribution is -2.33. The highest BCUT2D eigenvalue weighted by atomic mass is 16.3. The molecule has 1 aromatic carbocycles. The van der Waals surface area contributed by atoms with Crippen LogP contribution in [0.2, 0.25) is 0 Å². The number of hydrogen-bond acceptors (Lipinski definition) is 2. The predicted octanol–water partition coefficient (Wildman–Crippen LogP) is 3.15. The average Bonchev–Trinajstić information content (AvgIpc) is 3.24. The van der Waals surface area contributed by atoms with E-state index in [1.54, 1.807) is 0 Å². The van der Waals surface area contributed by atoms with E-state index in [-0.39, 0.29) is 0 Å². The van der Waals surface area contributed by atoms with Crippen LogP contribution >= 0.6 is 0 Å². The Morgan fingerprint density at radius 1 is 1.32 bits per heavy atom. The van der Waals surface area contributed by atoms with Gasteiger partial charge in [0.2, 0.25) is 0 Å². The molecule has 1 N–H and O–H groups in total. The minimum Gasteiger partial charge on any atom is -0.389 e. The number of hydrogen-bond donors (Lipinski definition) is 1. The van der Waals surface area contributed by atoms with Gasteiger partial charge in [-0.15, -0.1) is 0 Å². The van der Waals surface area contributed by atoms with Crippen LogP contribution < -0.4 is 0 Å². The molecule has 1 aromatic heterocycles. The zero-order valence-electron chi connectivity index (χ0n) is 11.8. The van der Waals surface area contributed by atoms with Gasteiger partial charge in [0.05, 0.1) is 16.8 Å². The summed E-state index contributed by atoms with van der Waals surface area (Å²) in [7, 11) is 0. The predicted molar refractivity (Wildman–Crippen MR) is 77.1 cm³/mol. The Balaban J connectivity index is 2.00. The fraction of sp³-hybridized carbons (Fsp3) is 0.562. The number of benzene rings is 1. The van der Waals surface area contributed by atoms with Gasteiger partial charge in [-0.25, -0.2) is 0 Å². The number of aromatic nitrogens is 2. The number of rotatable bonds is 5. The molecule has 102 valence electrons. The fourth-order valence-electron chi connectivity index (χ4n) is 3.04. The standard InChI is InChI=1S/C16H22N2O/c1-3-16(19,12-9-10-12)11-14-13-7-5-6-8-15(13)18(4-2)17-14/h5-8,12,19H,3-4,9-11H2,1-2H3. The van der Waals surface area contributed by atoms with Crippen molar-refractivity contribution in [1.29, 1.82) is 0 Å².